The van der Waals surface area contributed by atoms with E-state index in [9.17, 15) is 0 Å². The SMILES string of the molecule is CCC(C)CC(=C1C=CC=C[CH-]1)c1cccc(C(CC(C)CC)=C2C=CC=C[CH-]2)c1.[H-].[H-].[Li+].[Li+]. The fraction of sp³-hybridized carbons (Fsp3) is 0.333. The van der Waals surface area contributed by atoms with Crippen molar-refractivity contribution in [1.29, 1.82) is 0 Å². The molecule has 0 aliphatic heterocycles. The van der Waals surface area contributed by atoms with Crippen molar-refractivity contribution in [1.82, 2.24) is 0 Å². The van der Waals surface area contributed by atoms with Crippen LogP contribution in [0.5, 0.6) is 0 Å². The maximum absolute atomic E-state index is 2.43. The molecular formula is C30H38Li2-2. The van der Waals surface area contributed by atoms with Crippen LogP contribution in [0.2, 0.25) is 0 Å². The van der Waals surface area contributed by atoms with Gasteiger partial charge in [0.25, 0.3) is 0 Å². The molecule has 0 aromatic heterocycles. The van der Waals surface area contributed by atoms with Gasteiger partial charge in [-0.1, -0.05) is 88.8 Å². The third-order valence-corrected chi connectivity index (χ3v) is 6.30. The summed E-state index contributed by atoms with van der Waals surface area (Å²) in [6.07, 6.45) is 26.5. The molecule has 0 bridgehead atoms. The molecule has 162 valence electrons. The van der Waals surface area contributed by atoms with Gasteiger partial charge in [-0.15, -0.1) is 83.7 Å². The van der Waals surface area contributed by atoms with Crippen molar-refractivity contribution < 1.29 is 40.6 Å². The maximum Gasteiger partial charge on any atom is 1.00 e. The molecule has 0 N–H and O–H groups in total. The summed E-state index contributed by atoms with van der Waals surface area (Å²) in [6.45, 7) is 9.29. The molecular weight excluding hydrogens is 374 g/mol. The van der Waals surface area contributed by atoms with Gasteiger partial charge < -0.3 is 2.85 Å². The minimum atomic E-state index is 0. The molecule has 0 saturated carbocycles. The second kappa shape index (κ2) is 14.7. The topological polar surface area (TPSA) is 0 Å². The van der Waals surface area contributed by atoms with Crippen LogP contribution in [0.15, 0.2) is 84.0 Å². The zero-order valence-corrected chi connectivity index (χ0v) is 21.1. The molecule has 0 amide bonds. The molecule has 32 heavy (non-hydrogen) atoms. The average molecular weight is 413 g/mol. The molecule has 2 atom stereocenters. The second-order valence-electron chi connectivity index (χ2n) is 8.71. The van der Waals surface area contributed by atoms with Gasteiger partial charge in [-0.05, 0) is 11.8 Å². The van der Waals surface area contributed by atoms with E-state index < -0.39 is 0 Å². The first-order chi connectivity index (χ1) is 14.6. The molecule has 0 heterocycles. The van der Waals surface area contributed by atoms with Crippen LogP contribution in [-0.2, 0) is 0 Å². The Morgan fingerprint density at radius 1 is 0.750 bits per heavy atom. The normalized spacial score (nSPS) is 19.1. The third kappa shape index (κ3) is 7.87. The summed E-state index contributed by atoms with van der Waals surface area (Å²) in [5.74, 6) is 1.34. The Balaban J connectivity index is 0. The van der Waals surface area contributed by atoms with Gasteiger partial charge in [0, 0.05) is 0 Å². The molecule has 2 heteroatoms. The molecule has 2 aliphatic carbocycles. The van der Waals surface area contributed by atoms with Crippen molar-refractivity contribution >= 4 is 11.1 Å². The van der Waals surface area contributed by atoms with Crippen LogP contribution in [0.25, 0.3) is 11.1 Å². The summed E-state index contributed by atoms with van der Waals surface area (Å²) in [5.41, 5.74) is 8.33. The zero-order valence-electron chi connectivity index (χ0n) is 23.1. The number of allylic oxidation sites excluding steroid dienone is 12. The smallest absolute Gasteiger partial charge is 1.00 e. The summed E-state index contributed by atoms with van der Waals surface area (Å²) < 4.78 is 0. The van der Waals surface area contributed by atoms with Crippen molar-refractivity contribution in [2.24, 2.45) is 11.8 Å². The second-order valence-corrected chi connectivity index (χ2v) is 8.71. The molecule has 0 nitrogen and oxygen atoms in total. The van der Waals surface area contributed by atoms with Gasteiger partial charge in [-0.3, -0.25) is 0 Å². The number of benzene rings is 1. The van der Waals surface area contributed by atoms with Gasteiger partial charge >= 0.3 is 37.7 Å². The van der Waals surface area contributed by atoms with E-state index >= 15 is 0 Å². The first-order valence-corrected chi connectivity index (χ1v) is 11.6. The largest absolute Gasteiger partial charge is 1.00 e. The van der Waals surface area contributed by atoms with E-state index in [1.165, 1.54) is 46.3 Å². The van der Waals surface area contributed by atoms with E-state index in [1.807, 2.05) is 0 Å². The van der Waals surface area contributed by atoms with E-state index in [4.69, 9.17) is 0 Å². The minimum absolute atomic E-state index is 0. The van der Waals surface area contributed by atoms with E-state index in [0.717, 1.165) is 12.8 Å². The number of rotatable bonds is 8. The maximum atomic E-state index is 2.43. The summed E-state index contributed by atoms with van der Waals surface area (Å²) in [4.78, 5) is 0. The molecule has 3 rings (SSSR count). The van der Waals surface area contributed by atoms with Gasteiger partial charge in [-0.25, -0.2) is 0 Å². The van der Waals surface area contributed by atoms with Gasteiger partial charge in [0.05, 0.1) is 0 Å². The van der Waals surface area contributed by atoms with Crippen LogP contribution >= 0.6 is 0 Å². The Hall–Kier alpha value is -1.41. The van der Waals surface area contributed by atoms with E-state index in [-0.39, 0.29) is 40.6 Å². The van der Waals surface area contributed by atoms with Gasteiger partial charge in [0.15, 0.2) is 0 Å². The predicted octanol–water partition coefficient (Wildman–Crippen LogP) is 2.96. The van der Waals surface area contributed by atoms with Crippen molar-refractivity contribution in [2.75, 3.05) is 0 Å². The Morgan fingerprint density at radius 3 is 1.53 bits per heavy atom. The summed E-state index contributed by atoms with van der Waals surface area (Å²) in [7, 11) is 0. The predicted molar refractivity (Wildman–Crippen MR) is 136 cm³/mol. The third-order valence-electron chi connectivity index (χ3n) is 6.30. The molecule has 1 aromatic carbocycles. The first kappa shape index (κ1) is 28.6. The van der Waals surface area contributed by atoms with Crippen LogP contribution in [0.1, 0.15) is 67.4 Å². The van der Waals surface area contributed by atoms with E-state index in [0.29, 0.717) is 11.8 Å². The fourth-order valence-corrected chi connectivity index (χ4v) is 3.96. The Morgan fingerprint density at radius 2 is 1.19 bits per heavy atom. The van der Waals surface area contributed by atoms with Crippen LogP contribution in [0.4, 0.5) is 0 Å². The molecule has 0 saturated heterocycles. The monoisotopic (exact) mass is 412 g/mol. The van der Waals surface area contributed by atoms with Crippen LogP contribution in [0.3, 0.4) is 0 Å². The molecule has 2 aliphatic rings. The molecule has 0 radical (unpaired) electrons. The standard InChI is InChI=1S/C30H36.2Li.2H/c1-5-23(3)20-29(25-14-9-7-10-15-25)27-18-13-19-28(22-27)30(21-24(4)6-2)26-16-11-8-12-17-26;;;;/h7-19,22-24H,5-6,20-21H2,1-4H3;;;;/q-2;2*+1;2*-1. The van der Waals surface area contributed by atoms with Crippen molar-refractivity contribution in [3.8, 4) is 0 Å². The van der Waals surface area contributed by atoms with Crippen molar-refractivity contribution in [3.05, 3.63) is 108 Å². The minimum Gasteiger partial charge on any atom is -1.00 e. The zero-order chi connectivity index (χ0) is 21.3. The Bertz CT molecular complexity index is 848. The summed E-state index contributed by atoms with van der Waals surface area (Å²) >= 11 is 0. The van der Waals surface area contributed by atoms with Crippen molar-refractivity contribution in [2.45, 2.75) is 53.4 Å². The van der Waals surface area contributed by atoms with Crippen LogP contribution < -0.4 is 37.7 Å². The summed E-state index contributed by atoms with van der Waals surface area (Å²) in [6, 6.07) is 9.25. The Kier molecular flexibility index (Phi) is 13.1. The molecule has 0 spiro atoms. The first-order valence-electron chi connectivity index (χ1n) is 11.6. The van der Waals surface area contributed by atoms with Crippen LogP contribution in [-0.4, -0.2) is 0 Å². The Labute approximate surface area is 224 Å². The van der Waals surface area contributed by atoms with E-state index in [2.05, 4.69) is 113 Å². The molecule has 0 fully saturated rings. The van der Waals surface area contributed by atoms with Gasteiger partial charge in [0.1, 0.15) is 0 Å². The summed E-state index contributed by atoms with van der Waals surface area (Å²) in [5, 5.41) is 0. The average Bonchev–Trinajstić information content (AvgIpc) is 2.81. The van der Waals surface area contributed by atoms with E-state index in [1.54, 1.807) is 0 Å². The number of hydrogen-bond acceptors (Lipinski definition) is 0. The molecule has 1 aromatic rings. The van der Waals surface area contributed by atoms with Gasteiger partial charge in [-0.2, -0.15) is 0 Å². The van der Waals surface area contributed by atoms with Crippen molar-refractivity contribution in [3.63, 3.8) is 0 Å². The quantitative estimate of drug-likeness (QED) is 0.455. The van der Waals surface area contributed by atoms with Gasteiger partial charge in [0.2, 0.25) is 0 Å². The number of hydrogen-bond donors (Lipinski definition) is 0. The van der Waals surface area contributed by atoms with Crippen LogP contribution in [0, 0.1) is 24.7 Å². The molecule has 2 unspecified atom stereocenters. The fourth-order valence-electron chi connectivity index (χ4n) is 3.96.